The van der Waals surface area contributed by atoms with Gasteiger partial charge in [0.1, 0.15) is 5.01 Å². The van der Waals surface area contributed by atoms with E-state index in [2.05, 4.69) is 36.3 Å². The van der Waals surface area contributed by atoms with E-state index in [1.807, 2.05) is 31.2 Å². The van der Waals surface area contributed by atoms with E-state index >= 15 is 0 Å². The molecule has 3 rings (SSSR count). The molecule has 1 aliphatic rings. The topological polar surface area (TPSA) is 75.2 Å². The van der Waals surface area contributed by atoms with Crippen LogP contribution in [0.4, 0.5) is 5.13 Å². The summed E-state index contributed by atoms with van der Waals surface area (Å²) in [6.07, 6.45) is 1.59. The first-order valence-corrected chi connectivity index (χ1v) is 10.1. The van der Waals surface area contributed by atoms with E-state index in [1.165, 1.54) is 11.3 Å². The number of piperidine rings is 1. The third kappa shape index (κ3) is 4.71. The predicted molar refractivity (Wildman–Crippen MR) is 107 cm³/mol. The second-order valence-electron chi connectivity index (χ2n) is 8.11. The molecule has 0 saturated carbocycles. The van der Waals surface area contributed by atoms with Crippen molar-refractivity contribution in [3.63, 3.8) is 0 Å². The van der Waals surface area contributed by atoms with Crippen molar-refractivity contribution in [2.24, 2.45) is 5.92 Å². The molecule has 1 aromatic heterocycles. The van der Waals surface area contributed by atoms with Crippen molar-refractivity contribution >= 4 is 28.3 Å². The van der Waals surface area contributed by atoms with Crippen LogP contribution in [-0.4, -0.2) is 40.0 Å². The molecule has 1 fully saturated rings. The number of carbonyl (C=O) groups excluding carboxylic acids is 2. The van der Waals surface area contributed by atoms with Crippen molar-refractivity contribution in [2.75, 3.05) is 18.4 Å². The second kappa shape index (κ2) is 7.76. The lowest BCUT2D eigenvalue weighted by Gasteiger charge is -2.32. The minimum atomic E-state index is -0.227. The average molecular weight is 387 g/mol. The number of aromatic nitrogens is 2. The molecule has 27 heavy (non-hydrogen) atoms. The van der Waals surface area contributed by atoms with Gasteiger partial charge in [0.05, 0.1) is 5.92 Å². The molecule has 1 unspecified atom stereocenters. The molecule has 7 heteroatoms. The van der Waals surface area contributed by atoms with Gasteiger partial charge in [0.15, 0.2) is 0 Å². The molecule has 0 radical (unpaired) electrons. The smallest absolute Gasteiger partial charge is 0.253 e. The Kier molecular flexibility index (Phi) is 5.60. The third-order valence-corrected chi connectivity index (χ3v) is 5.94. The van der Waals surface area contributed by atoms with Crippen molar-refractivity contribution in [1.82, 2.24) is 15.1 Å². The highest BCUT2D eigenvalue weighted by Gasteiger charge is 2.30. The molecule has 2 amide bonds. The highest BCUT2D eigenvalue weighted by atomic mass is 32.1. The summed E-state index contributed by atoms with van der Waals surface area (Å²) in [6.45, 7) is 9.31. The Morgan fingerprint density at radius 2 is 1.89 bits per heavy atom. The van der Waals surface area contributed by atoms with Crippen LogP contribution in [0.5, 0.6) is 0 Å². The van der Waals surface area contributed by atoms with Gasteiger partial charge in [-0.05, 0) is 31.9 Å². The number of hydrogen-bond donors (Lipinski definition) is 1. The van der Waals surface area contributed by atoms with Gasteiger partial charge in [0, 0.05) is 24.1 Å². The molecule has 0 aliphatic carbocycles. The molecule has 2 aromatic rings. The van der Waals surface area contributed by atoms with Gasteiger partial charge < -0.3 is 10.2 Å². The maximum absolute atomic E-state index is 12.7. The van der Waals surface area contributed by atoms with E-state index in [4.69, 9.17) is 0 Å². The lowest BCUT2D eigenvalue weighted by molar-refractivity contribution is -0.121. The van der Waals surface area contributed by atoms with Crippen molar-refractivity contribution in [2.45, 2.75) is 46.0 Å². The van der Waals surface area contributed by atoms with E-state index in [9.17, 15) is 9.59 Å². The van der Waals surface area contributed by atoms with Gasteiger partial charge in [-0.25, -0.2) is 0 Å². The van der Waals surface area contributed by atoms with Crippen LogP contribution in [0, 0.1) is 12.8 Å². The molecular weight excluding hydrogens is 360 g/mol. The maximum atomic E-state index is 12.7. The lowest BCUT2D eigenvalue weighted by atomic mass is 9.96. The first-order chi connectivity index (χ1) is 12.7. The first-order valence-electron chi connectivity index (χ1n) is 9.25. The monoisotopic (exact) mass is 386 g/mol. The largest absolute Gasteiger partial charge is 0.338 e. The fraction of sp³-hybridized carbons (Fsp3) is 0.500. The maximum Gasteiger partial charge on any atom is 0.253 e. The molecule has 1 aliphatic heterocycles. The SMILES string of the molecule is Cc1ccc(C(=O)N2CCCC(C(=O)Nc3nnc(C(C)(C)C)s3)C2)cc1. The van der Waals surface area contributed by atoms with Gasteiger partial charge in [-0.2, -0.15) is 0 Å². The number of anilines is 1. The zero-order valence-electron chi connectivity index (χ0n) is 16.3. The van der Waals surface area contributed by atoms with Crippen molar-refractivity contribution in [1.29, 1.82) is 0 Å². The average Bonchev–Trinajstić information content (AvgIpc) is 3.11. The van der Waals surface area contributed by atoms with Crippen LogP contribution in [0.3, 0.4) is 0 Å². The summed E-state index contributed by atoms with van der Waals surface area (Å²) in [5, 5.41) is 12.5. The molecular formula is C20H26N4O2S. The number of rotatable bonds is 3. The summed E-state index contributed by atoms with van der Waals surface area (Å²) < 4.78 is 0. The number of carbonyl (C=O) groups is 2. The van der Waals surface area contributed by atoms with E-state index < -0.39 is 0 Å². The number of benzene rings is 1. The van der Waals surface area contributed by atoms with Crippen LogP contribution in [-0.2, 0) is 10.2 Å². The van der Waals surface area contributed by atoms with Crippen LogP contribution < -0.4 is 5.32 Å². The summed E-state index contributed by atoms with van der Waals surface area (Å²) in [5.41, 5.74) is 1.69. The van der Waals surface area contributed by atoms with Crippen LogP contribution in [0.25, 0.3) is 0 Å². The summed E-state index contributed by atoms with van der Waals surface area (Å²) >= 11 is 1.40. The Labute approximate surface area is 164 Å². The molecule has 0 bridgehead atoms. The second-order valence-corrected chi connectivity index (χ2v) is 9.09. The Morgan fingerprint density at radius 3 is 2.52 bits per heavy atom. The highest BCUT2D eigenvalue weighted by molar-refractivity contribution is 7.15. The van der Waals surface area contributed by atoms with Crippen LogP contribution >= 0.6 is 11.3 Å². The standard InChI is InChI=1S/C20H26N4O2S/c1-13-7-9-14(10-8-13)17(26)24-11-5-6-15(12-24)16(25)21-19-23-22-18(27-19)20(2,3)4/h7-10,15H,5-6,11-12H2,1-4H3,(H,21,23,25). The Bertz CT molecular complexity index is 823. The lowest BCUT2D eigenvalue weighted by Crippen LogP contribution is -2.43. The molecule has 6 nitrogen and oxygen atoms in total. The van der Waals surface area contributed by atoms with E-state index in [0.29, 0.717) is 23.8 Å². The molecule has 1 aromatic carbocycles. The minimum Gasteiger partial charge on any atom is -0.338 e. The van der Waals surface area contributed by atoms with Crippen LogP contribution in [0.15, 0.2) is 24.3 Å². The molecule has 1 saturated heterocycles. The van der Waals surface area contributed by atoms with Gasteiger partial charge in [0.2, 0.25) is 11.0 Å². The third-order valence-electron chi connectivity index (χ3n) is 4.67. The zero-order valence-corrected chi connectivity index (χ0v) is 17.1. The normalized spacial score (nSPS) is 17.6. The zero-order chi connectivity index (χ0) is 19.6. The van der Waals surface area contributed by atoms with Crippen molar-refractivity contribution < 1.29 is 9.59 Å². The van der Waals surface area contributed by atoms with Crippen LogP contribution in [0.1, 0.15) is 54.5 Å². The Morgan fingerprint density at radius 1 is 1.19 bits per heavy atom. The van der Waals surface area contributed by atoms with E-state index in [0.717, 1.165) is 23.4 Å². The number of hydrogen-bond acceptors (Lipinski definition) is 5. The Hall–Kier alpha value is -2.28. The summed E-state index contributed by atoms with van der Waals surface area (Å²) in [7, 11) is 0. The number of aryl methyl sites for hydroxylation is 1. The number of amides is 2. The van der Waals surface area contributed by atoms with Gasteiger partial charge in [-0.15, -0.1) is 10.2 Å². The van der Waals surface area contributed by atoms with Crippen molar-refractivity contribution in [3.8, 4) is 0 Å². The van der Waals surface area contributed by atoms with Crippen molar-refractivity contribution in [3.05, 3.63) is 40.4 Å². The van der Waals surface area contributed by atoms with Gasteiger partial charge in [-0.1, -0.05) is 49.8 Å². The summed E-state index contributed by atoms with van der Waals surface area (Å²) in [6, 6.07) is 7.56. The van der Waals surface area contributed by atoms with E-state index in [-0.39, 0.29) is 23.1 Å². The number of nitrogens with zero attached hydrogens (tertiary/aromatic N) is 3. The quantitative estimate of drug-likeness (QED) is 0.874. The first kappa shape index (κ1) is 19.5. The number of likely N-dealkylation sites (tertiary alicyclic amines) is 1. The number of nitrogens with one attached hydrogen (secondary N) is 1. The van der Waals surface area contributed by atoms with Gasteiger partial charge >= 0.3 is 0 Å². The summed E-state index contributed by atoms with van der Waals surface area (Å²) in [4.78, 5) is 27.2. The predicted octanol–water partition coefficient (Wildman–Crippen LogP) is 3.63. The molecule has 1 atom stereocenters. The molecule has 1 N–H and O–H groups in total. The summed E-state index contributed by atoms with van der Waals surface area (Å²) in [5.74, 6) is -0.332. The van der Waals surface area contributed by atoms with Gasteiger partial charge in [-0.3, -0.25) is 9.59 Å². The molecule has 2 heterocycles. The minimum absolute atomic E-state index is 0.0153. The fourth-order valence-electron chi connectivity index (χ4n) is 3.04. The fourth-order valence-corrected chi connectivity index (χ4v) is 3.84. The molecule has 0 spiro atoms. The molecule has 144 valence electrons. The van der Waals surface area contributed by atoms with Crippen LogP contribution in [0.2, 0.25) is 0 Å². The Balaban J connectivity index is 1.63. The van der Waals surface area contributed by atoms with Gasteiger partial charge in [0.25, 0.3) is 5.91 Å². The van der Waals surface area contributed by atoms with E-state index in [1.54, 1.807) is 4.90 Å². The highest BCUT2D eigenvalue weighted by Crippen LogP contribution is 2.28.